The molecule has 16 heteroatoms. The molecule has 4 N–H and O–H groups in total. The minimum absolute atomic E-state index is 0.0405. The number of anilines is 2. The summed E-state index contributed by atoms with van der Waals surface area (Å²) in [6, 6.07) is 16.9. The van der Waals surface area contributed by atoms with Crippen LogP contribution in [0.3, 0.4) is 0 Å². The molecule has 6 aromatic heterocycles. The van der Waals surface area contributed by atoms with Crippen LogP contribution in [0, 0.1) is 23.5 Å². The number of likely N-dealkylation sites (tertiary alicyclic amines) is 2. The Morgan fingerprint density at radius 1 is 0.705 bits per heavy atom. The molecule has 7 aromatic rings. The minimum Gasteiger partial charge on any atom is -0.367 e. The topological polar surface area (TPSA) is 174 Å². The second-order valence-corrected chi connectivity index (χ2v) is 15.5. The third-order valence-corrected chi connectivity index (χ3v) is 11.2. The highest BCUT2D eigenvalue weighted by atomic mass is 19.1. The van der Waals surface area contributed by atoms with Crippen LogP contribution in [-0.2, 0) is 4.79 Å². The highest BCUT2D eigenvalue weighted by molar-refractivity contribution is 5.94. The van der Waals surface area contributed by atoms with Crippen molar-refractivity contribution in [2.45, 2.75) is 45.4 Å². The first-order chi connectivity index (χ1) is 29.8. The zero-order chi connectivity index (χ0) is 42.1. The Hall–Kier alpha value is -6.84. The van der Waals surface area contributed by atoms with Crippen LogP contribution in [0.2, 0.25) is 0 Å². The molecule has 61 heavy (non-hydrogen) atoms. The SMILES string of the molecule is CCCC(=O)N1CCC[C@H](CNc2nc(-c3c[nH]c4ncccc34)ncc2F)C1.O=C(c1ccccc1)N1CCC[C@H](CNc2nc(-c3c[nH]c4ncccc34)ncc2F)C1. The van der Waals surface area contributed by atoms with E-state index in [9.17, 15) is 18.4 Å². The molecule has 2 aliphatic heterocycles. The zero-order valence-corrected chi connectivity index (χ0v) is 34.0. The number of nitrogens with zero attached hydrogens (tertiary/aromatic N) is 8. The van der Waals surface area contributed by atoms with Crippen molar-refractivity contribution in [3.8, 4) is 22.8 Å². The lowest BCUT2D eigenvalue weighted by atomic mass is 9.97. The van der Waals surface area contributed by atoms with Crippen LogP contribution in [0.4, 0.5) is 20.4 Å². The molecule has 0 aliphatic carbocycles. The molecule has 1 aromatic carbocycles. The van der Waals surface area contributed by atoms with Gasteiger partial charge < -0.3 is 30.4 Å². The van der Waals surface area contributed by atoms with E-state index in [1.807, 2.05) is 71.3 Å². The number of aromatic amines is 2. The summed E-state index contributed by atoms with van der Waals surface area (Å²) in [6.45, 7) is 6.01. The number of hydrogen-bond donors (Lipinski definition) is 4. The van der Waals surface area contributed by atoms with Gasteiger partial charge in [-0.25, -0.2) is 38.7 Å². The number of hydrogen-bond acceptors (Lipinski definition) is 10. The van der Waals surface area contributed by atoms with Crippen molar-refractivity contribution in [2.75, 3.05) is 49.9 Å². The number of carbonyl (C=O) groups excluding carboxylic acids is 2. The van der Waals surface area contributed by atoms with Crippen LogP contribution in [0.1, 0.15) is 55.8 Å². The molecular formula is C45H48F2N12O2. The van der Waals surface area contributed by atoms with Crippen LogP contribution >= 0.6 is 0 Å². The minimum atomic E-state index is -0.500. The molecule has 0 saturated carbocycles. The Bertz CT molecular complexity index is 2600. The van der Waals surface area contributed by atoms with Gasteiger partial charge in [-0.1, -0.05) is 25.1 Å². The summed E-state index contributed by atoms with van der Waals surface area (Å²) in [5.41, 5.74) is 3.72. The molecule has 2 amide bonds. The van der Waals surface area contributed by atoms with Gasteiger partial charge in [0.15, 0.2) is 34.9 Å². The van der Waals surface area contributed by atoms with E-state index in [1.165, 1.54) is 12.4 Å². The van der Waals surface area contributed by atoms with Gasteiger partial charge in [-0.15, -0.1) is 0 Å². The van der Waals surface area contributed by atoms with E-state index >= 15 is 0 Å². The zero-order valence-electron chi connectivity index (χ0n) is 34.0. The number of nitrogens with one attached hydrogen (secondary N) is 4. The molecule has 2 atom stereocenters. The van der Waals surface area contributed by atoms with Crippen molar-refractivity contribution in [1.29, 1.82) is 0 Å². The maximum atomic E-state index is 14.4. The van der Waals surface area contributed by atoms with Crippen LogP contribution in [0.15, 0.2) is 91.8 Å². The van der Waals surface area contributed by atoms with Gasteiger partial charge in [0.05, 0.1) is 12.4 Å². The lowest BCUT2D eigenvalue weighted by Gasteiger charge is -2.33. The molecule has 0 radical (unpaired) electrons. The predicted molar refractivity (Wildman–Crippen MR) is 230 cm³/mol. The maximum Gasteiger partial charge on any atom is 0.253 e. The van der Waals surface area contributed by atoms with E-state index in [4.69, 9.17) is 0 Å². The van der Waals surface area contributed by atoms with Gasteiger partial charge in [0, 0.05) is 97.9 Å². The van der Waals surface area contributed by atoms with Crippen molar-refractivity contribution < 1.29 is 18.4 Å². The number of aromatic nitrogens is 8. The number of halogens is 2. The average Bonchev–Trinajstić information content (AvgIpc) is 3.94. The van der Waals surface area contributed by atoms with Crippen molar-refractivity contribution in [1.82, 2.24) is 49.7 Å². The lowest BCUT2D eigenvalue weighted by Crippen LogP contribution is -2.41. The predicted octanol–water partition coefficient (Wildman–Crippen LogP) is 7.73. The van der Waals surface area contributed by atoms with Gasteiger partial charge in [-0.05, 0) is 80.3 Å². The second-order valence-electron chi connectivity index (χ2n) is 15.5. The molecular weight excluding hydrogens is 779 g/mol. The molecule has 14 nitrogen and oxygen atoms in total. The number of amides is 2. The second kappa shape index (κ2) is 19.0. The van der Waals surface area contributed by atoms with E-state index in [2.05, 4.69) is 50.5 Å². The standard InChI is InChI=1S/C24H23FN6O.C21H25FN6O/c25-20-14-29-22(19-13-28-21-18(19)9-4-10-26-21)30-23(20)27-12-16-6-5-11-31(15-16)24(32)17-7-2-1-3-8-17;1-2-5-18(29)28-9-4-6-14(13-28)10-24-21-17(22)12-26-20(27-21)16-11-25-19-15(16)7-3-8-23-19/h1-4,7-10,13-14,16H,5-6,11-12,15H2,(H,26,28)(H,27,29,30);3,7-8,11-12,14H,2,4-6,9-10,13H2,1H3,(H,23,25)(H,24,26,27)/t16-;14-/m11/s1. The Morgan fingerprint density at radius 3 is 1.77 bits per heavy atom. The Balaban J connectivity index is 0.000000169. The number of H-pyrrole nitrogens is 2. The van der Waals surface area contributed by atoms with Gasteiger partial charge >= 0.3 is 0 Å². The van der Waals surface area contributed by atoms with Gasteiger partial charge in [-0.2, -0.15) is 0 Å². The summed E-state index contributed by atoms with van der Waals surface area (Å²) in [7, 11) is 0. The maximum absolute atomic E-state index is 14.4. The molecule has 314 valence electrons. The van der Waals surface area contributed by atoms with E-state index in [1.54, 1.807) is 24.8 Å². The smallest absolute Gasteiger partial charge is 0.253 e. The summed E-state index contributed by atoms with van der Waals surface area (Å²) in [4.78, 5) is 60.6. The molecule has 2 fully saturated rings. The largest absolute Gasteiger partial charge is 0.367 e. The fourth-order valence-corrected chi connectivity index (χ4v) is 8.02. The highest BCUT2D eigenvalue weighted by Gasteiger charge is 2.26. The van der Waals surface area contributed by atoms with E-state index in [-0.39, 0.29) is 35.3 Å². The molecule has 2 aliphatic rings. The third-order valence-electron chi connectivity index (χ3n) is 11.2. The Kier molecular flexibility index (Phi) is 12.8. The Labute approximate surface area is 351 Å². The van der Waals surface area contributed by atoms with Crippen molar-refractivity contribution in [3.05, 3.63) is 109 Å². The summed E-state index contributed by atoms with van der Waals surface area (Å²) in [5, 5.41) is 8.05. The van der Waals surface area contributed by atoms with Crippen molar-refractivity contribution >= 4 is 45.5 Å². The first-order valence-corrected chi connectivity index (χ1v) is 20.8. The summed E-state index contributed by atoms with van der Waals surface area (Å²) < 4.78 is 28.7. The first-order valence-electron chi connectivity index (χ1n) is 20.8. The normalized spacial score (nSPS) is 16.6. The lowest BCUT2D eigenvalue weighted by molar-refractivity contribution is -0.132. The number of fused-ring (bicyclic) bond motifs is 2. The average molecular weight is 827 g/mol. The molecule has 2 saturated heterocycles. The van der Waals surface area contributed by atoms with Crippen molar-refractivity contribution in [3.63, 3.8) is 0 Å². The summed E-state index contributed by atoms with van der Waals surface area (Å²) >= 11 is 0. The van der Waals surface area contributed by atoms with Gasteiger partial charge in [0.25, 0.3) is 5.91 Å². The first kappa shape index (κ1) is 40.9. The molecule has 8 heterocycles. The van der Waals surface area contributed by atoms with E-state index < -0.39 is 11.6 Å². The van der Waals surface area contributed by atoms with Crippen LogP contribution in [0.5, 0.6) is 0 Å². The van der Waals surface area contributed by atoms with Crippen molar-refractivity contribution in [2.24, 2.45) is 11.8 Å². The van der Waals surface area contributed by atoms with Gasteiger partial charge in [0.1, 0.15) is 11.3 Å². The fourth-order valence-electron chi connectivity index (χ4n) is 8.02. The third kappa shape index (κ3) is 9.64. The van der Waals surface area contributed by atoms with Crippen LogP contribution < -0.4 is 10.6 Å². The fraction of sp³-hybridized carbons (Fsp3) is 0.333. The monoisotopic (exact) mass is 826 g/mol. The number of benzene rings is 1. The number of rotatable bonds is 11. The molecule has 9 rings (SSSR count). The number of piperidine rings is 2. The number of carbonyl (C=O) groups is 2. The quantitative estimate of drug-likeness (QED) is 0.101. The molecule has 0 spiro atoms. The van der Waals surface area contributed by atoms with Crippen LogP contribution in [0.25, 0.3) is 44.8 Å². The molecule has 0 unspecified atom stereocenters. The Morgan fingerprint density at radius 2 is 1.23 bits per heavy atom. The summed E-state index contributed by atoms with van der Waals surface area (Å²) in [5.74, 6) is 0.978. The van der Waals surface area contributed by atoms with Gasteiger partial charge in [-0.3, -0.25) is 9.59 Å². The van der Waals surface area contributed by atoms with Gasteiger partial charge in [0.2, 0.25) is 5.91 Å². The summed E-state index contributed by atoms with van der Waals surface area (Å²) in [6.07, 6.45) is 14.7. The van der Waals surface area contributed by atoms with Crippen LogP contribution in [-0.4, -0.2) is 101 Å². The van der Waals surface area contributed by atoms with E-state index in [0.717, 1.165) is 78.4 Å². The highest BCUT2D eigenvalue weighted by Crippen LogP contribution is 2.28. The molecule has 0 bridgehead atoms. The number of pyridine rings is 2. The van der Waals surface area contributed by atoms with E-state index in [0.29, 0.717) is 49.8 Å².